The zero-order chi connectivity index (χ0) is 12.5. The highest BCUT2D eigenvalue weighted by atomic mass is 32.1. The molecule has 0 fully saturated rings. The number of aromatic nitrogens is 4. The summed E-state index contributed by atoms with van der Waals surface area (Å²) in [6.45, 7) is 4.39. The van der Waals surface area contributed by atoms with Gasteiger partial charge in [-0.05, 0) is 18.3 Å². The summed E-state index contributed by atoms with van der Waals surface area (Å²) in [6.07, 6.45) is 3.76. The van der Waals surface area contributed by atoms with E-state index in [4.69, 9.17) is 12.2 Å². The van der Waals surface area contributed by atoms with Crippen molar-refractivity contribution in [3.63, 3.8) is 0 Å². The predicted octanol–water partition coefficient (Wildman–Crippen LogP) is 3.27. The summed E-state index contributed by atoms with van der Waals surface area (Å²) in [5.41, 5.74) is 2.13. The minimum absolute atomic E-state index is 0.607. The lowest BCUT2D eigenvalue weighted by atomic mass is 10.1. The van der Waals surface area contributed by atoms with Crippen LogP contribution in [0.15, 0.2) is 43.1 Å². The van der Waals surface area contributed by atoms with Crippen molar-refractivity contribution in [2.45, 2.75) is 6.54 Å². The normalized spacial score (nSPS) is 10.9. The van der Waals surface area contributed by atoms with Gasteiger partial charge in [0.2, 0.25) is 0 Å². The van der Waals surface area contributed by atoms with Crippen LogP contribution in [0.3, 0.4) is 0 Å². The first-order chi connectivity index (χ1) is 8.81. The van der Waals surface area contributed by atoms with E-state index in [1.807, 2.05) is 35.0 Å². The Hall–Kier alpha value is -2.14. The van der Waals surface area contributed by atoms with Crippen molar-refractivity contribution >= 4 is 23.1 Å². The minimum Gasteiger partial charge on any atom is -0.360 e. The Labute approximate surface area is 109 Å². The van der Waals surface area contributed by atoms with E-state index in [9.17, 15) is 0 Å². The van der Waals surface area contributed by atoms with Gasteiger partial charge in [-0.1, -0.05) is 24.3 Å². The Morgan fingerprint density at radius 3 is 3.06 bits per heavy atom. The molecular formula is C13H12N4S. The number of rotatable bonds is 3. The second kappa shape index (κ2) is 4.27. The van der Waals surface area contributed by atoms with Crippen LogP contribution in [0.25, 0.3) is 22.3 Å². The van der Waals surface area contributed by atoms with Crippen LogP contribution in [-0.4, -0.2) is 19.7 Å². The number of aromatic amines is 2. The first kappa shape index (κ1) is 11.0. The summed E-state index contributed by atoms with van der Waals surface area (Å²) in [6, 6.07) is 8.12. The zero-order valence-electron chi connectivity index (χ0n) is 9.68. The average molecular weight is 256 g/mol. The van der Waals surface area contributed by atoms with E-state index in [2.05, 4.69) is 27.8 Å². The van der Waals surface area contributed by atoms with Crippen molar-refractivity contribution < 1.29 is 0 Å². The number of fused-ring (bicyclic) bond motifs is 1. The fourth-order valence-corrected chi connectivity index (χ4v) is 2.28. The second-order valence-electron chi connectivity index (χ2n) is 4.00. The molecule has 5 heteroatoms. The van der Waals surface area contributed by atoms with Gasteiger partial charge in [0.25, 0.3) is 0 Å². The van der Waals surface area contributed by atoms with E-state index in [0.717, 1.165) is 22.3 Å². The Morgan fingerprint density at radius 1 is 1.39 bits per heavy atom. The molecule has 0 atom stereocenters. The molecule has 0 saturated carbocycles. The summed E-state index contributed by atoms with van der Waals surface area (Å²) < 4.78 is 2.54. The summed E-state index contributed by atoms with van der Waals surface area (Å²) >= 11 is 5.22. The lowest BCUT2D eigenvalue weighted by molar-refractivity contribution is 0.815. The summed E-state index contributed by atoms with van der Waals surface area (Å²) in [4.78, 5) is 3.24. The molecule has 3 aromatic rings. The maximum absolute atomic E-state index is 5.22. The Bertz CT molecular complexity index is 762. The number of nitrogens with one attached hydrogen (secondary N) is 2. The predicted molar refractivity (Wildman–Crippen MR) is 74.9 cm³/mol. The molecule has 0 saturated heterocycles. The van der Waals surface area contributed by atoms with Crippen LogP contribution in [0.2, 0.25) is 0 Å². The fraction of sp³-hybridized carbons (Fsp3) is 0.0769. The van der Waals surface area contributed by atoms with E-state index in [1.165, 1.54) is 0 Å². The van der Waals surface area contributed by atoms with Gasteiger partial charge < -0.3 is 4.98 Å². The van der Waals surface area contributed by atoms with Gasteiger partial charge in [0.15, 0.2) is 10.6 Å². The van der Waals surface area contributed by atoms with Gasteiger partial charge in [-0.2, -0.15) is 5.10 Å². The van der Waals surface area contributed by atoms with Crippen LogP contribution in [0, 0.1) is 4.77 Å². The lowest BCUT2D eigenvalue weighted by Gasteiger charge is -2.02. The maximum Gasteiger partial charge on any atom is 0.195 e. The van der Waals surface area contributed by atoms with Gasteiger partial charge in [0.1, 0.15) is 0 Å². The van der Waals surface area contributed by atoms with Gasteiger partial charge in [-0.3, -0.25) is 9.67 Å². The molecule has 3 rings (SSSR count). The summed E-state index contributed by atoms with van der Waals surface area (Å²) in [7, 11) is 0. The fourth-order valence-electron chi connectivity index (χ4n) is 2.08. The van der Waals surface area contributed by atoms with Crippen LogP contribution in [0.4, 0.5) is 0 Å². The smallest absolute Gasteiger partial charge is 0.195 e. The molecule has 0 aliphatic heterocycles. The van der Waals surface area contributed by atoms with Gasteiger partial charge in [0.05, 0.1) is 0 Å². The summed E-state index contributed by atoms with van der Waals surface area (Å²) in [5, 5.41) is 8.27. The van der Waals surface area contributed by atoms with Gasteiger partial charge in [0, 0.05) is 29.2 Å². The average Bonchev–Trinajstić information content (AvgIpc) is 2.95. The number of hydrogen-bond acceptors (Lipinski definition) is 2. The molecule has 0 spiro atoms. The third kappa shape index (κ3) is 1.60. The van der Waals surface area contributed by atoms with E-state index >= 15 is 0 Å². The number of allylic oxidation sites excluding steroid dienone is 1. The summed E-state index contributed by atoms with van der Waals surface area (Å²) in [5.74, 6) is 0.831. The van der Waals surface area contributed by atoms with E-state index in [0.29, 0.717) is 11.3 Å². The van der Waals surface area contributed by atoms with E-state index < -0.39 is 0 Å². The van der Waals surface area contributed by atoms with Crippen molar-refractivity contribution in [1.82, 2.24) is 19.7 Å². The molecule has 0 aliphatic carbocycles. The highest BCUT2D eigenvalue weighted by Gasteiger charge is 2.12. The van der Waals surface area contributed by atoms with Crippen LogP contribution in [0.5, 0.6) is 0 Å². The molecular weight excluding hydrogens is 244 g/mol. The molecule has 90 valence electrons. The first-order valence-electron chi connectivity index (χ1n) is 5.64. The molecule has 0 aliphatic rings. The third-order valence-electron chi connectivity index (χ3n) is 2.90. The van der Waals surface area contributed by atoms with Crippen molar-refractivity contribution in [2.24, 2.45) is 0 Å². The first-order valence-corrected chi connectivity index (χ1v) is 6.04. The van der Waals surface area contributed by atoms with Crippen molar-refractivity contribution in [3.05, 3.63) is 47.9 Å². The van der Waals surface area contributed by atoms with Crippen molar-refractivity contribution in [3.8, 4) is 11.4 Å². The van der Waals surface area contributed by atoms with Gasteiger partial charge in [-0.15, -0.1) is 6.58 Å². The lowest BCUT2D eigenvalue weighted by Crippen LogP contribution is -1.97. The largest absolute Gasteiger partial charge is 0.360 e. The Balaban J connectivity index is 2.26. The monoisotopic (exact) mass is 256 g/mol. The zero-order valence-corrected chi connectivity index (χ0v) is 10.5. The molecule has 0 unspecified atom stereocenters. The standard InChI is InChI=1S/C13H12N4S/c1-2-7-17-12(15-16-13(17)18)10-8-14-11-6-4-3-5-9(10)11/h2-6,8,14H,1,7H2,(H,16,18). The van der Waals surface area contributed by atoms with Crippen molar-refractivity contribution in [2.75, 3.05) is 0 Å². The SMILES string of the molecule is C=CCn1c(-c2c[nH]c3ccccc23)n[nH]c1=S. The highest BCUT2D eigenvalue weighted by molar-refractivity contribution is 7.71. The second-order valence-corrected chi connectivity index (χ2v) is 4.39. The molecule has 0 bridgehead atoms. The number of H-pyrrole nitrogens is 2. The van der Waals surface area contributed by atoms with Gasteiger partial charge in [-0.25, -0.2) is 0 Å². The Kier molecular flexibility index (Phi) is 2.60. The molecule has 18 heavy (non-hydrogen) atoms. The molecule has 4 nitrogen and oxygen atoms in total. The molecule has 2 N–H and O–H groups in total. The van der Waals surface area contributed by atoms with Crippen LogP contribution >= 0.6 is 12.2 Å². The minimum atomic E-state index is 0.607. The highest BCUT2D eigenvalue weighted by Crippen LogP contribution is 2.26. The Morgan fingerprint density at radius 2 is 2.22 bits per heavy atom. The number of benzene rings is 1. The van der Waals surface area contributed by atoms with Gasteiger partial charge >= 0.3 is 0 Å². The molecule has 2 aromatic heterocycles. The molecule has 2 heterocycles. The third-order valence-corrected chi connectivity index (χ3v) is 3.21. The van der Waals surface area contributed by atoms with Crippen molar-refractivity contribution in [1.29, 1.82) is 0 Å². The molecule has 1 aromatic carbocycles. The van der Waals surface area contributed by atoms with Crippen LogP contribution < -0.4 is 0 Å². The molecule has 0 amide bonds. The topological polar surface area (TPSA) is 49.4 Å². The van der Waals surface area contributed by atoms with Crippen LogP contribution in [-0.2, 0) is 6.54 Å². The number of nitrogens with zero attached hydrogens (tertiary/aromatic N) is 2. The van der Waals surface area contributed by atoms with Crippen LogP contribution in [0.1, 0.15) is 0 Å². The maximum atomic E-state index is 5.22. The van der Waals surface area contributed by atoms with E-state index in [-0.39, 0.29) is 0 Å². The number of para-hydroxylation sites is 1. The van der Waals surface area contributed by atoms with E-state index in [1.54, 1.807) is 0 Å². The quantitative estimate of drug-likeness (QED) is 0.558. The number of hydrogen-bond donors (Lipinski definition) is 2. The molecule has 0 radical (unpaired) electrons.